The molecule has 1 aromatic rings. The van der Waals surface area contributed by atoms with Crippen molar-refractivity contribution >= 4 is 23.1 Å². The molecule has 0 spiro atoms. The summed E-state index contributed by atoms with van der Waals surface area (Å²) in [5.41, 5.74) is 1.96. The third-order valence-corrected chi connectivity index (χ3v) is 4.97. The Bertz CT molecular complexity index is 459. The molecule has 0 amide bonds. The zero-order chi connectivity index (χ0) is 14.4. The van der Waals surface area contributed by atoms with E-state index < -0.39 is 0 Å². The summed E-state index contributed by atoms with van der Waals surface area (Å²) in [5.74, 6) is 3.03. The van der Waals surface area contributed by atoms with Crippen LogP contribution in [0.1, 0.15) is 38.2 Å². The third-order valence-electron chi connectivity index (χ3n) is 3.72. The van der Waals surface area contributed by atoms with Crippen molar-refractivity contribution in [3.63, 3.8) is 0 Å². The molecule has 4 nitrogen and oxygen atoms in total. The lowest BCUT2D eigenvalue weighted by atomic mass is 10.1. The first kappa shape index (κ1) is 15.2. The molecule has 2 rings (SSSR count). The topological polar surface area (TPSA) is 55.2 Å². The summed E-state index contributed by atoms with van der Waals surface area (Å²) in [4.78, 5) is 10.6. The predicted octanol–water partition coefficient (Wildman–Crippen LogP) is 4.45. The van der Waals surface area contributed by atoms with Crippen LogP contribution < -0.4 is 5.32 Å². The number of rotatable bonds is 7. The molecule has 1 aliphatic rings. The van der Waals surface area contributed by atoms with E-state index in [1.807, 2.05) is 30.8 Å². The van der Waals surface area contributed by atoms with E-state index >= 15 is 0 Å². The van der Waals surface area contributed by atoms with Crippen molar-refractivity contribution in [1.82, 2.24) is 0 Å². The average molecular weight is 294 g/mol. The zero-order valence-electron chi connectivity index (χ0n) is 11.9. The van der Waals surface area contributed by atoms with E-state index in [1.165, 1.54) is 31.4 Å². The molecule has 1 N–H and O–H groups in total. The molecule has 0 radical (unpaired) electrons. The van der Waals surface area contributed by atoms with Gasteiger partial charge >= 0.3 is 0 Å². The normalized spacial score (nSPS) is 15.4. The second-order valence-electron chi connectivity index (χ2n) is 5.30. The molecule has 0 unspecified atom stereocenters. The Morgan fingerprint density at radius 2 is 2.15 bits per heavy atom. The number of hydrogen-bond acceptors (Lipinski definition) is 4. The summed E-state index contributed by atoms with van der Waals surface area (Å²) in [6.45, 7) is 2.64. The predicted molar refractivity (Wildman–Crippen MR) is 85.4 cm³/mol. The number of nitro groups is 1. The van der Waals surface area contributed by atoms with E-state index in [2.05, 4.69) is 5.32 Å². The van der Waals surface area contributed by atoms with Gasteiger partial charge in [0.1, 0.15) is 5.69 Å². The fourth-order valence-electron chi connectivity index (χ4n) is 2.68. The van der Waals surface area contributed by atoms with Crippen LogP contribution in [0.25, 0.3) is 0 Å². The number of nitrogens with one attached hydrogen (secondary N) is 1. The van der Waals surface area contributed by atoms with Gasteiger partial charge in [0.15, 0.2) is 0 Å². The number of nitrogens with zero attached hydrogens (tertiary/aromatic N) is 1. The minimum absolute atomic E-state index is 0.163. The number of anilines is 1. The summed E-state index contributed by atoms with van der Waals surface area (Å²) in [6.07, 6.45) is 5.51. The lowest BCUT2D eigenvalue weighted by molar-refractivity contribution is -0.384. The van der Waals surface area contributed by atoms with Crippen LogP contribution in [0.3, 0.4) is 0 Å². The van der Waals surface area contributed by atoms with Gasteiger partial charge in [0, 0.05) is 18.4 Å². The molecule has 0 bridgehead atoms. The van der Waals surface area contributed by atoms with Crippen LogP contribution in [0.4, 0.5) is 11.4 Å². The summed E-state index contributed by atoms with van der Waals surface area (Å²) < 4.78 is 0. The van der Waals surface area contributed by atoms with Gasteiger partial charge in [-0.05, 0) is 43.1 Å². The van der Waals surface area contributed by atoms with Gasteiger partial charge in [-0.25, -0.2) is 0 Å². The summed E-state index contributed by atoms with van der Waals surface area (Å²) in [6, 6.07) is 5.41. The van der Waals surface area contributed by atoms with E-state index in [1.54, 1.807) is 6.07 Å². The summed E-state index contributed by atoms with van der Waals surface area (Å²) in [5, 5.41) is 14.0. The van der Waals surface area contributed by atoms with E-state index in [0.717, 1.165) is 17.2 Å². The highest BCUT2D eigenvalue weighted by atomic mass is 32.2. The van der Waals surface area contributed by atoms with Crippen molar-refractivity contribution in [3.8, 4) is 0 Å². The summed E-state index contributed by atoms with van der Waals surface area (Å²) in [7, 11) is 0. The smallest absolute Gasteiger partial charge is 0.292 e. The molecular weight excluding hydrogens is 272 g/mol. The number of benzene rings is 1. The van der Waals surface area contributed by atoms with Gasteiger partial charge in [-0.2, -0.15) is 11.8 Å². The zero-order valence-corrected chi connectivity index (χ0v) is 12.7. The highest BCUT2D eigenvalue weighted by Crippen LogP contribution is 2.31. The molecule has 5 heteroatoms. The molecule has 1 fully saturated rings. The van der Waals surface area contributed by atoms with Crippen molar-refractivity contribution in [2.45, 2.75) is 38.4 Å². The molecule has 20 heavy (non-hydrogen) atoms. The molecule has 0 heterocycles. The lowest BCUT2D eigenvalue weighted by Gasteiger charge is -2.10. The molecule has 1 aliphatic carbocycles. The molecule has 0 saturated heterocycles. The molecular formula is C15H22N2O2S. The van der Waals surface area contributed by atoms with E-state index in [4.69, 9.17) is 0 Å². The van der Waals surface area contributed by atoms with Crippen molar-refractivity contribution in [3.05, 3.63) is 33.9 Å². The Kier molecular flexibility index (Phi) is 5.71. The molecule has 1 aromatic carbocycles. The van der Waals surface area contributed by atoms with Crippen LogP contribution in [-0.4, -0.2) is 17.2 Å². The van der Waals surface area contributed by atoms with Crippen LogP contribution in [0.15, 0.2) is 18.2 Å². The molecule has 0 aliphatic heterocycles. The minimum atomic E-state index is -0.326. The van der Waals surface area contributed by atoms with Gasteiger partial charge < -0.3 is 5.32 Å². The average Bonchev–Trinajstić information content (AvgIpc) is 2.92. The van der Waals surface area contributed by atoms with Crippen LogP contribution in [0, 0.1) is 16.0 Å². The number of hydrogen-bond donors (Lipinski definition) is 1. The summed E-state index contributed by atoms with van der Waals surface area (Å²) >= 11 is 1.95. The molecule has 1 saturated carbocycles. The standard InChI is InChI=1S/C15H22N2O2S/c1-2-16-14-9-13(7-8-15(14)17(18)19)11-20-10-12-5-3-4-6-12/h7-9,12,16H,2-6,10-11H2,1H3. The third kappa shape index (κ3) is 4.13. The SMILES string of the molecule is CCNc1cc(CSCC2CCCC2)ccc1[N+](=O)[O-]. The monoisotopic (exact) mass is 294 g/mol. The van der Waals surface area contributed by atoms with Crippen LogP contribution in [-0.2, 0) is 5.75 Å². The van der Waals surface area contributed by atoms with Gasteiger partial charge in [-0.1, -0.05) is 18.9 Å². The van der Waals surface area contributed by atoms with Gasteiger partial charge in [-0.3, -0.25) is 10.1 Å². The van der Waals surface area contributed by atoms with E-state index in [-0.39, 0.29) is 10.6 Å². The molecule has 0 atom stereocenters. The maximum atomic E-state index is 11.0. The Hall–Kier alpha value is -1.23. The quantitative estimate of drug-likeness (QED) is 0.596. The minimum Gasteiger partial charge on any atom is -0.380 e. The van der Waals surface area contributed by atoms with Crippen molar-refractivity contribution in [2.75, 3.05) is 17.6 Å². The van der Waals surface area contributed by atoms with Crippen molar-refractivity contribution < 1.29 is 4.92 Å². The van der Waals surface area contributed by atoms with Crippen LogP contribution >= 0.6 is 11.8 Å². The first-order valence-corrected chi connectivity index (χ1v) is 8.45. The van der Waals surface area contributed by atoms with Gasteiger partial charge in [-0.15, -0.1) is 0 Å². The van der Waals surface area contributed by atoms with Crippen molar-refractivity contribution in [2.24, 2.45) is 5.92 Å². The maximum absolute atomic E-state index is 11.0. The first-order chi connectivity index (χ1) is 9.70. The fourth-order valence-corrected chi connectivity index (χ4v) is 3.88. The highest BCUT2D eigenvalue weighted by Gasteiger charge is 2.16. The molecule has 110 valence electrons. The number of nitro benzene ring substituents is 1. The molecule has 0 aromatic heterocycles. The number of thioether (sulfide) groups is 1. The Morgan fingerprint density at radius 1 is 1.40 bits per heavy atom. The Labute approximate surface area is 124 Å². The first-order valence-electron chi connectivity index (χ1n) is 7.29. The lowest BCUT2D eigenvalue weighted by Crippen LogP contribution is -2.02. The van der Waals surface area contributed by atoms with Crippen molar-refractivity contribution in [1.29, 1.82) is 0 Å². The maximum Gasteiger partial charge on any atom is 0.292 e. The van der Waals surface area contributed by atoms with Gasteiger partial charge in [0.05, 0.1) is 4.92 Å². The second-order valence-corrected chi connectivity index (χ2v) is 6.33. The van der Waals surface area contributed by atoms with Crippen LogP contribution in [0.2, 0.25) is 0 Å². The van der Waals surface area contributed by atoms with Crippen LogP contribution in [0.5, 0.6) is 0 Å². The Morgan fingerprint density at radius 3 is 2.80 bits per heavy atom. The Balaban J connectivity index is 1.93. The fraction of sp³-hybridized carbons (Fsp3) is 0.600. The van der Waals surface area contributed by atoms with E-state index in [9.17, 15) is 10.1 Å². The highest BCUT2D eigenvalue weighted by molar-refractivity contribution is 7.98. The van der Waals surface area contributed by atoms with Gasteiger partial charge in [0.25, 0.3) is 5.69 Å². The van der Waals surface area contributed by atoms with E-state index in [0.29, 0.717) is 12.2 Å². The second kappa shape index (κ2) is 7.53. The van der Waals surface area contributed by atoms with Gasteiger partial charge in [0.2, 0.25) is 0 Å². The largest absolute Gasteiger partial charge is 0.380 e.